The highest BCUT2D eigenvalue weighted by molar-refractivity contribution is 6.34. The van der Waals surface area contributed by atoms with Gasteiger partial charge in [0, 0.05) is 5.56 Å². The van der Waals surface area contributed by atoms with Crippen molar-refractivity contribution in [1.82, 2.24) is 0 Å². The Morgan fingerprint density at radius 3 is 2.89 bits per heavy atom. The lowest BCUT2D eigenvalue weighted by atomic mass is 10.0. The lowest BCUT2D eigenvalue weighted by Gasteiger charge is -2.16. The normalized spacial score (nSPS) is 18.1. The summed E-state index contributed by atoms with van der Waals surface area (Å²) in [5.74, 6) is 1.52. The van der Waals surface area contributed by atoms with E-state index in [9.17, 15) is 4.79 Å². The van der Waals surface area contributed by atoms with Crippen LogP contribution in [-0.4, -0.2) is 20.0 Å². The van der Waals surface area contributed by atoms with Gasteiger partial charge in [-0.25, -0.2) is 4.79 Å². The van der Waals surface area contributed by atoms with Gasteiger partial charge in [0.25, 0.3) is 0 Å². The Balaban J connectivity index is 2.21. The number of aliphatic imine (C=N–C) groups is 1. The Morgan fingerprint density at radius 2 is 2.28 bits per heavy atom. The molecule has 2 aliphatic rings. The molecule has 0 aromatic heterocycles. The van der Waals surface area contributed by atoms with Gasteiger partial charge in [0.1, 0.15) is 16.3 Å². The second kappa shape index (κ2) is 3.90. The molecule has 3 rings (SSSR count). The molecule has 0 spiro atoms. The number of carbonyl (C=O) groups excluding carboxylic acids is 1. The fourth-order valence-electron chi connectivity index (χ4n) is 2.18. The molecule has 0 amide bonds. The molecule has 18 heavy (non-hydrogen) atoms. The molecule has 1 aromatic carbocycles. The van der Waals surface area contributed by atoms with Gasteiger partial charge in [-0.1, -0.05) is 11.6 Å². The summed E-state index contributed by atoms with van der Waals surface area (Å²) >= 11 is 6.22. The molecule has 94 valence electrons. The number of hydrogen-bond donors (Lipinski definition) is 0. The molecule has 0 unspecified atom stereocenters. The molecule has 1 aromatic rings. The molecule has 1 heterocycles. The Labute approximate surface area is 108 Å². The summed E-state index contributed by atoms with van der Waals surface area (Å²) in [6.45, 7) is 0.131. The van der Waals surface area contributed by atoms with Crippen molar-refractivity contribution in [2.24, 2.45) is 4.99 Å². The molecule has 0 saturated heterocycles. The van der Waals surface area contributed by atoms with Gasteiger partial charge in [-0.3, -0.25) is 0 Å². The van der Waals surface area contributed by atoms with Crippen molar-refractivity contribution >= 4 is 17.7 Å². The predicted octanol–water partition coefficient (Wildman–Crippen LogP) is 2.40. The van der Waals surface area contributed by atoms with E-state index >= 15 is 0 Å². The number of hydrogen-bond acceptors (Lipinski definition) is 5. The average molecular weight is 268 g/mol. The number of nitrogens with zero attached hydrogens (tertiary/aromatic N) is 1. The maximum atomic E-state index is 10.5. The fraction of sp³-hybridized carbons (Fsp3) is 0.417. The SMILES string of the molecule is COc1c(C2(N=C=O)CC2)cc2c(c1Cl)OCO2. The van der Waals surface area contributed by atoms with Crippen LogP contribution < -0.4 is 14.2 Å². The van der Waals surface area contributed by atoms with Crippen LogP contribution in [0.3, 0.4) is 0 Å². The van der Waals surface area contributed by atoms with Crippen LogP contribution >= 0.6 is 11.6 Å². The maximum absolute atomic E-state index is 10.5. The quantitative estimate of drug-likeness (QED) is 0.623. The average Bonchev–Trinajstić information content (AvgIpc) is 2.99. The molecular formula is C12H10ClNO4. The van der Waals surface area contributed by atoms with Crippen LogP contribution in [0, 0.1) is 0 Å². The fourth-order valence-corrected chi connectivity index (χ4v) is 2.50. The standard InChI is InChI=1S/C12H10ClNO4/c1-16-10-7(12(2-3-12)14-5-15)4-8-11(9(10)13)18-6-17-8/h4H,2-3,6H2,1H3. The number of ether oxygens (including phenoxy) is 3. The molecule has 1 fully saturated rings. The molecule has 0 atom stereocenters. The molecule has 0 radical (unpaired) electrons. The van der Waals surface area contributed by atoms with Crippen LogP contribution in [0.25, 0.3) is 0 Å². The van der Waals surface area contributed by atoms with E-state index in [2.05, 4.69) is 4.99 Å². The van der Waals surface area contributed by atoms with Crippen LogP contribution in [0.4, 0.5) is 0 Å². The summed E-state index contributed by atoms with van der Waals surface area (Å²) in [4.78, 5) is 14.4. The van der Waals surface area contributed by atoms with Crippen molar-refractivity contribution in [1.29, 1.82) is 0 Å². The van der Waals surface area contributed by atoms with E-state index in [1.165, 1.54) is 7.11 Å². The van der Waals surface area contributed by atoms with Crippen molar-refractivity contribution < 1.29 is 19.0 Å². The summed E-state index contributed by atoms with van der Waals surface area (Å²) in [5, 5.41) is 0.356. The third-order valence-corrected chi connectivity index (χ3v) is 3.59. The van der Waals surface area contributed by atoms with E-state index in [0.29, 0.717) is 22.3 Å². The number of halogens is 1. The molecule has 0 N–H and O–H groups in total. The van der Waals surface area contributed by atoms with Crippen LogP contribution in [0.2, 0.25) is 5.02 Å². The molecule has 1 aliphatic carbocycles. The molecular weight excluding hydrogens is 258 g/mol. The Morgan fingerprint density at radius 1 is 1.50 bits per heavy atom. The topological polar surface area (TPSA) is 57.1 Å². The minimum absolute atomic E-state index is 0.131. The highest BCUT2D eigenvalue weighted by Gasteiger charge is 2.48. The van der Waals surface area contributed by atoms with Gasteiger partial charge in [-0.05, 0) is 18.9 Å². The van der Waals surface area contributed by atoms with E-state index in [1.54, 1.807) is 12.1 Å². The van der Waals surface area contributed by atoms with Crippen LogP contribution in [0.15, 0.2) is 11.1 Å². The number of benzene rings is 1. The summed E-state index contributed by atoms with van der Waals surface area (Å²) in [7, 11) is 1.52. The number of methoxy groups -OCH3 is 1. The van der Waals surface area contributed by atoms with E-state index in [1.807, 2.05) is 0 Å². The highest BCUT2D eigenvalue weighted by atomic mass is 35.5. The van der Waals surface area contributed by atoms with Gasteiger partial charge in [-0.2, -0.15) is 4.99 Å². The van der Waals surface area contributed by atoms with E-state index in [4.69, 9.17) is 25.8 Å². The zero-order valence-electron chi connectivity index (χ0n) is 9.66. The number of fused-ring (bicyclic) bond motifs is 1. The van der Waals surface area contributed by atoms with Gasteiger partial charge in [0.15, 0.2) is 11.5 Å². The Kier molecular flexibility index (Phi) is 2.47. The third-order valence-electron chi connectivity index (χ3n) is 3.25. The first-order chi connectivity index (χ1) is 8.72. The van der Waals surface area contributed by atoms with Crippen molar-refractivity contribution in [3.05, 3.63) is 16.7 Å². The Hall–Kier alpha value is -1.71. The molecule has 1 aliphatic heterocycles. The number of isocyanates is 1. The van der Waals surface area contributed by atoms with Crippen molar-refractivity contribution in [3.8, 4) is 17.2 Å². The first-order valence-corrected chi connectivity index (χ1v) is 5.85. The van der Waals surface area contributed by atoms with Gasteiger partial charge < -0.3 is 14.2 Å². The van der Waals surface area contributed by atoms with Crippen LogP contribution in [-0.2, 0) is 10.3 Å². The van der Waals surface area contributed by atoms with Gasteiger partial charge in [0.05, 0.1) is 7.11 Å². The number of rotatable bonds is 3. The van der Waals surface area contributed by atoms with Gasteiger partial charge in [-0.15, -0.1) is 0 Å². The lowest BCUT2D eigenvalue weighted by molar-refractivity contribution is 0.174. The summed E-state index contributed by atoms with van der Waals surface area (Å²) in [6, 6.07) is 1.78. The van der Waals surface area contributed by atoms with E-state index in [0.717, 1.165) is 18.4 Å². The zero-order valence-corrected chi connectivity index (χ0v) is 10.4. The van der Waals surface area contributed by atoms with Crippen molar-refractivity contribution in [2.75, 3.05) is 13.9 Å². The minimum atomic E-state index is -0.558. The minimum Gasteiger partial charge on any atom is -0.495 e. The first kappa shape index (κ1) is 11.4. The molecule has 0 bridgehead atoms. The summed E-state index contributed by atoms with van der Waals surface area (Å²) in [6.07, 6.45) is 3.16. The molecule has 6 heteroatoms. The Bertz CT molecular complexity index is 562. The van der Waals surface area contributed by atoms with Crippen LogP contribution in [0.5, 0.6) is 17.2 Å². The predicted molar refractivity (Wildman–Crippen MR) is 63.2 cm³/mol. The monoisotopic (exact) mass is 267 g/mol. The largest absolute Gasteiger partial charge is 0.495 e. The maximum Gasteiger partial charge on any atom is 0.235 e. The van der Waals surface area contributed by atoms with Crippen LogP contribution in [0.1, 0.15) is 18.4 Å². The summed E-state index contributed by atoms with van der Waals surface area (Å²) < 4.78 is 15.9. The van der Waals surface area contributed by atoms with E-state index < -0.39 is 5.54 Å². The smallest absolute Gasteiger partial charge is 0.235 e. The second-order valence-corrected chi connectivity index (χ2v) is 4.62. The third kappa shape index (κ3) is 1.48. The first-order valence-electron chi connectivity index (χ1n) is 5.47. The highest BCUT2D eigenvalue weighted by Crippen LogP contribution is 2.57. The molecule has 5 nitrogen and oxygen atoms in total. The molecule has 1 saturated carbocycles. The second-order valence-electron chi connectivity index (χ2n) is 4.24. The van der Waals surface area contributed by atoms with Gasteiger partial charge >= 0.3 is 0 Å². The van der Waals surface area contributed by atoms with Crippen molar-refractivity contribution in [2.45, 2.75) is 18.4 Å². The van der Waals surface area contributed by atoms with E-state index in [-0.39, 0.29) is 6.79 Å². The lowest BCUT2D eigenvalue weighted by Crippen LogP contribution is -2.05. The van der Waals surface area contributed by atoms with Gasteiger partial charge in [0.2, 0.25) is 12.9 Å². The van der Waals surface area contributed by atoms with Crippen molar-refractivity contribution in [3.63, 3.8) is 0 Å². The zero-order chi connectivity index (χ0) is 12.8. The summed E-state index contributed by atoms with van der Waals surface area (Å²) in [5.41, 5.74) is 0.195.